The first-order valence-corrected chi connectivity index (χ1v) is 7.70. The summed E-state index contributed by atoms with van der Waals surface area (Å²) in [5, 5.41) is 9.62. The van der Waals surface area contributed by atoms with Crippen molar-refractivity contribution in [2.75, 3.05) is 6.54 Å². The van der Waals surface area contributed by atoms with Crippen molar-refractivity contribution >= 4 is 10.0 Å². The Kier molecular flexibility index (Phi) is 4.45. The maximum absolute atomic E-state index is 12.3. The molecule has 0 aromatic heterocycles. The van der Waals surface area contributed by atoms with Crippen LogP contribution in [0.15, 0.2) is 29.2 Å². The van der Waals surface area contributed by atoms with E-state index in [-0.39, 0.29) is 12.5 Å². The number of aliphatic hydroxyl groups excluding tert-OH is 1. The lowest BCUT2D eigenvalue weighted by Gasteiger charge is -2.15. The summed E-state index contributed by atoms with van der Waals surface area (Å²) >= 11 is 0. The molecule has 1 saturated carbocycles. The van der Waals surface area contributed by atoms with E-state index in [4.69, 9.17) is 0 Å². The van der Waals surface area contributed by atoms with Gasteiger partial charge in [0.15, 0.2) is 0 Å². The largest absolute Gasteiger partial charge is 0.573 e. The van der Waals surface area contributed by atoms with E-state index >= 15 is 0 Å². The molecule has 1 unspecified atom stereocenters. The monoisotopic (exact) mass is 325 g/mol. The van der Waals surface area contributed by atoms with Gasteiger partial charge in [-0.15, -0.1) is 13.2 Å². The summed E-state index contributed by atoms with van der Waals surface area (Å²) in [5.41, 5.74) is 0. The zero-order valence-electron chi connectivity index (χ0n) is 10.8. The van der Waals surface area contributed by atoms with Crippen molar-refractivity contribution in [2.24, 2.45) is 5.92 Å². The van der Waals surface area contributed by atoms with Gasteiger partial charge in [-0.3, -0.25) is 0 Å². The number of hydrogen-bond acceptors (Lipinski definition) is 4. The van der Waals surface area contributed by atoms with Crippen LogP contribution < -0.4 is 9.46 Å². The molecule has 2 rings (SSSR count). The molecule has 5 nitrogen and oxygen atoms in total. The van der Waals surface area contributed by atoms with Crippen LogP contribution in [-0.4, -0.2) is 32.5 Å². The molecular formula is C12H14F3NO4S. The normalized spacial score (nSPS) is 17.5. The second kappa shape index (κ2) is 5.82. The molecule has 21 heavy (non-hydrogen) atoms. The van der Waals surface area contributed by atoms with E-state index in [0.717, 1.165) is 25.0 Å². The quantitative estimate of drug-likeness (QED) is 0.834. The van der Waals surface area contributed by atoms with Crippen molar-refractivity contribution in [1.29, 1.82) is 0 Å². The summed E-state index contributed by atoms with van der Waals surface area (Å²) in [6.45, 7) is -0.243. The molecule has 1 atom stereocenters. The van der Waals surface area contributed by atoms with E-state index in [1.807, 2.05) is 0 Å². The van der Waals surface area contributed by atoms with Crippen molar-refractivity contribution in [3.63, 3.8) is 0 Å². The Morgan fingerprint density at radius 3 is 2.52 bits per heavy atom. The maximum atomic E-state index is 12.3. The highest BCUT2D eigenvalue weighted by atomic mass is 32.2. The Morgan fingerprint density at radius 2 is 1.95 bits per heavy atom. The predicted molar refractivity (Wildman–Crippen MR) is 67.0 cm³/mol. The van der Waals surface area contributed by atoms with Gasteiger partial charge in [-0.05, 0) is 30.9 Å². The van der Waals surface area contributed by atoms with Gasteiger partial charge in [0, 0.05) is 6.54 Å². The van der Waals surface area contributed by atoms with Gasteiger partial charge in [-0.1, -0.05) is 12.1 Å². The van der Waals surface area contributed by atoms with Gasteiger partial charge >= 0.3 is 6.36 Å². The van der Waals surface area contributed by atoms with Crippen LogP contribution >= 0.6 is 0 Å². The highest BCUT2D eigenvalue weighted by molar-refractivity contribution is 7.89. The lowest BCUT2D eigenvalue weighted by atomic mass is 10.2. The Bertz CT molecular complexity index is 599. The Labute approximate surface area is 119 Å². The average molecular weight is 325 g/mol. The van der Waals surface area contributed by atoms with Crippen molar-refractivity contribution in [3.05, 3.63) is 24.3 Å². The summed E-state index contributed by atoms with van der Waals surface area (Å²) < 4.78 is 66.6. The van der Waals surface area contributed by atoms with Gasteiger partial charge in [-0.2, -0.15) is 0 Å². The lowest BCUT2D eigenvalue weighted by Crippen LogP contribution is -2.33. The summed E-state index contributed by atoms with van der Waals surface area (Å²) in [4.78, 5) is -0.620. The van der Waals surface area contributed by atoms with Gasteiger partial charge < -0.3 is 9.84 Å². The fourth-order valence-corrected chi connectivity index (χ4v) is 2.98. The summed E-state index contributed by atoms with van der Waals surface area (Å²) in [6, 6.07) is 4.44. The molecule has 1 aliphatic carbocycles. The third-order valence-electron chi connectivity index (χ3n) is 3.01. The fourth-order valence-electron chi connectivity index (χ4n) is 1.80. The van der Waals surface area contributed by atoms with Crippen LogP contribution in [0.4, 0.5) is 13.2 Å². The molecule has 2 N–H and O–H groups in total. The minimum Gasteiger partial charge on any atom is -0.404 e. The first-order chi connectivity index (χ1) is 9.69. The van der Waals surface area contributed by atoms with Crippen molar-refractivity contribution in [2.45, 2.75) is 30.2 Å². The van der Waals surface area contributed by atoms with Crippen LogP contribution in [0.5, 0.6) is 5.75 Å². The number of alkyl halides is 3. The van der Waals surface area contributed by atoms with Crippen LogP contribution in [0.3, 0.4) is 0 Å². The van der Waals surface area contributed by atoms with Gasteiger partial charge in [0.1, 0.15) is 10.6 Å². The number of aliphatic hydroxyl groups is 1. The molecule has 1 aromatic rings. The third kappa shape index (κ3) is 4.58. The van der Waals surface area contributed by atoms with E-state index in [1.54, 1.807) is 0 Å². The van der Waals surface area contributed by atoms with Gasteiger partial charge in [0.25, 0.3) is 0 Å². The zero-order chi connectivity index (χ0) is 15.7. The molecule has 0 saturated heterocycles. The third-order valence-corrected chi connectivity index (χ3v) is 4.48. The summed E-state index contributed by atoms with van der Waals surface area (Å²) in [7, 11) is -4.20. The SMILES string of the molecule is O=S(=O)(NCC(O)C1CC1)c1ccccc1OC(F)(F)F. The van der Waals surface area contributed by atoms with Crippen LogP contribution in [-0.2, 0) is 10.0 Å². The molecule has 1 aliphatic rings. The van der Waals surface area contributed by atoms with E-state index < -0.39 is 33.1 Å². The van der Waals surface area contributed by atoms with E-state index in [2.05, 4.69) is 9.46 Å². The van der Waals surface area contributed by atoms with Gasteiger partial charge in [0.05, 0.1) is 6.10 Å². The number of sulfonamides is 1. The minimum atomic E-state index is -4.99. The highest BCUT2D eigenvalue weighted by Gasteiger charge is 2.35. The Hall–Kier alpha value is -1.32. The Balaban J connectivity index is 2.15. The molecule has 0 heterocycles. The molecule has 0 radical (unpaired) electrons. The van der Waals surface area contributed by atoms with Crippen LogP contribution in [0.2, 0.25) is 0 Å². The fraction of sp³-hybridized carbons (Fsp3) is 0.500. The number of hydrogen-bond donors (Lipinski definition) is 2. The number of halogens is 3. The number of rotatable bonds is 6. The smallest absolute Gasteiger partial charge is 0.404 e. The molecule has 118 valence electrons. The highest BCUT2D eigenvalue weighted by Crippen LogP contribution is 2.33. The first-order valence-electron chi connectivity index (χ1n) is 6.21. The number of ether oxygens (including phenoxy) is 1. The van der Waals surface area contributed by atoms with Crippen LogP contribution in [0.25, 0.3) is 0 Å². The second-order valence-corrected chi connectivity index (χ2v) is 6.49. The molecular weight excluding hydrogens is 311 g/mol. The van der Waals surface area contributed by atoms with Crippen molar-refractivity contribution in [3.8, 4) is 5.75 Å². The molecule has 1 aromatic carbocycles. The van der Waals surface area contributed by atoms with Crippen LogP contribution in [0, 0.1) is 5.92 Å². The van der Waals surface area contributed by atoms with Gasteiger partial charge in [0.2, 0.25) is 10.0 Å². The van der Waals surface area contributed by atoms with E-state index in [9.17, 15) is 26.7 Å². The molecule has 0 bridgehead atoms. The topological polar surface area (TPSA) is 75.6 Å². The molecule has 0 amide bonds. The molecule has 0 aliphatic heterocycles. The van der Waals surface area contributed by atoms with E-state index in [0.29, 0.717) is 0 Å². The lowest BCUT2D eigenvalue weighted by molar-refractivity contribution is -0.275. The van der Waals surface area contributed by atoms with Gasteiger partial charge in [-0.25, -0.2) is 13.1 Å². The molecule has 0 spiro atoms. The van der Waals surface area contributed by atoms with Crippen molar-refractivity contribution in [1.82, 2.24) is 4.72 Å². The minimum absolute atomic E-state index is 0.0503. The number of nitrogens with one attached hydrogen (secondary N) is 1. The van der Waals surface area contributed by atoms with Crippen molar-refractivity contribution < 1.29 is 31.4 Å². The Morgan fingerprint density at radius 1 is 1.33 bits per heavy atom. The number of para-hydroxylation sites is 1. The molecule has 9 heteroatoms. The summed E-state index contributed by atoms with van der Waals surface area (Å²) in [6.07, 6.45) is -4.19. The molecule has 1 fully saturated rings. The maximum Gasteiger partial charge on any atom is 0.573 e. The summed E-state index contributed by atoms with van der Waals surface area (Å²) in [5.74, 6) is -0.757. The first kappa shape index (κ1) is 16.1. The van der Waals surface area contributed by atoms with Crippen LogP contribution in [0.1, 0.15) is 12.8 Å². The average Bonchev–Trinajstić information content (AvgIpc) is 3.19. The number of benzene rings is 1. The van der Waals surface area contributed by atoms with E-state index in [1.165, 1.54) is 12.1 Å². The standard InChI is InChI=1S/C12H14F3NO4S/c13-12(14,15)20-10-3-1-2-4-11(10)21(18,19)16-7-9(17)8-5-6-8/h1-4,8-9,16-17H,5-7H2. The second-order valence-electron chi connectivity index (χ2n) is 4.75. The zero-order valence-corrected chi connectivity index (χ0v) is 11.6. The predicted octanol–water partition coefficient (Wildman–Crippen LogP) is 1.63.